The molecule has 1 atom stereocenters. The molecule has 1 aromatic rings. The third-order valence-corrected chi connectivity index (χ3v) is 2.75. The number of thiazole rings is 1. The Labute approximate surface area is 80.6 Å². The molecule has 0 saturated carbocycles. The first-order valence-electron chi connectivity index (χ1n) is 3.98. The van der Waals surface area contributed by atoms with E-state index in [-0.39, 0.29) is 0 Å². The lowest BCUT2D eigenvalue weighted by molar-refractivity contribution is 0.0702. The molecule has 4 nitrogen and oxygen atoms in total. The molecule has 1 rings (SSSR count). The van der Waals surface area contributed by atoms with Gasteiger partial charge in [-0.2, -0.15) is 0 Å². The van der Waals surface area contributed by atoms with Gasteiger partial charge in [-0.05, 0) is 14.0 Å². The number of rotatable bonds is 4. The Kier molecular flexibility index (Phi) is 3.39. The van der Waals surface area contributed by atoms with Gasteiger partial charge >= 0.3 is 5.97 Å². The fraction of sp³-hybridized carbons (Fsp3) is 0.500. The predicted octanol–water partition coefficient (Wildman–Crippen LogP) is 0.992. The van der Waals surface area contributed by atoms with Crippen LogP contribution in [0.3, 0.4) is 0 Å². The third kappa shape index (κ3) is 2.78. The summed E-state index contributed by atoms with van der Waals surface area (Å²) in [7, 11) is 1.87. The first kappa shape index (κ1) is 10.1. The van der Waals surface area contributed by atoms with E-state index in [0.717, 1.165) is 11.4 Å². The maximum Gasteiger partial charge on any atom is 0.347 e. The molecule has 1 heterocycles. The van der Waals surface area contributed by atoms with Crippen molar-refractivity contribution in [2.24, 2.45) is 0 Å². The zero-order valence-electron chi connectivity index (χ0n) is 7.57. The Morgan fingerprint density at radius 3 is 3.00 bits per heavy atom. The largest absolute Gasteiger partial charge is 0.477 e. The number of hydrogen-bond donors (Lipinski definition) is 2. The number of nitrogens with one attached hydrogen (secondary N) is 1. The molecule has 0 aromatic carbocycles. The highest BCUT2D eigenvalue weighted by molar-refractivity contribution is 7.13. The van der Waals surface area contributed by atoms with E-state index in [4.69, 9.17) is 5.11 Å². The Morgan fingerprint density at radius 1 is 1.85 bits per heavy atom. The Morgan fingerprint density at radius 2 is 2.54 bits per heavy atom. The molecular weight excluding hydrogens is 188 g/mol. The zero-order valence-corrected chi connectivity index (χ0v) is 8.39. The summed E-state index contributed by atoms with van der Waals surface area (Å²) < 4.78 is 0. The quantitative estimate of drug-likeness (QED) is 0.761. The van der Waals surface area contributed by atoms with E-state index >= 15 is 0 Å². The third-order valence-electron chi connectivity index (χ3n) is 1.74. The van der Waals surface area contributed by atoms with E-state index in [2.05, 4.69) is 10.3 Å². The molecule has 0 spiro atoms. The van der Waals surface area contributed by atoms with Crippen LogP contribution in [0, 0.1) is 0 Å². The van der Waals surface area contributed by atoms with Crippen molar-refractivity contribution in [3.05, 3.63) is 16.1 Å². The van der Waals surface area contributed by atoms with Gasteiger partial charge in [-0.1, -0.05) is 0 Å². The molecule has 2 N–H and O–H groups in total. The highest BCUT2D eigenvalue weighted by Crippen LogP contribution is 2.14. The van der Waals surface area contributed by atoms with E-state index in [0.29, 0.717) is 10.9 Å². The van der Waals surface area contributed by atoms with Gasteiger partial charge < -0.3 is 10.4 Å². The highest BCUT2D eigenvalue weighted by Gasteiger charge is 2.09. The number of carbonyl (C=O) groups is 1. The maximum atomic E-state index is 10.5. The van der Waals surface area contributed by atoms with Crippen LogP contribution in [0.25, 0.3) is 0 Å². The molecule has 0 fully saturated rings. The molecule has 0 amide bonds. The summed E-state index contributed by atoms with van der Waals surface area (Å²) in [5.74, 6) is -0.902. The fourth-order valence-electron chi connectivity index (χ4n) is 0.867. The van der Waals surface area contributed by atoms with Gasteiger partial charge in [-0.3, -0.25) is 0 Å². The van der Waals surface area contributed by atoms with Gasteiger partial charge in [0.05, 0.1) is 11.2 Å². The van der Waals surface area contributed by atoms with Crippen LogP contribution in [-0.4, -0.2) is 29.1 Å². The van der Waals surface area contributed by atoms with Crippen molar-refractivity contribution in [3.8, 4) is 0 Å². The standard InChI is InChI=1S/C8H12N2O2S/c1-5(9-2)3-7-10-4-6(13-7)8(11)12/h4-5,9H,3H2,1-2H3,(H,11,12). The molecule has 1 unspecified atom stereocenters. The lowest BCUT2D eigenvalue weighted by Gasteiger charge is -2.05. The van der Waals surface area contributed by atoms with Crippen LogP contribution in [0.15, 0.2) is 6.20 Å². The van der Waals surface area contributed by atoms with Gasteiger partial charge in [-0.25, -0.2) is 9.78 Å². The number of carboxylic acids is 1. The maximum absolute atomic E-state index is 10.5. The smallest absolute Gasteiger partial charge is 0.347 e. The molecular formula is C8H12N2O2S. The second-order valence-corrected chi connectivity index (χ2v) is 3.93. The fourth-order valence-corrected chi connectivity index (χ4v) is 1.75. The van der Waals surface area contributed by atoms with Crippen molar-refractivity contribution in [2.45, 2.75) is 19.4 Å². The number of aromatic carboxylic acids is 1. The first-order chi connectivity index (χ1) is 6.13. The van der Waals surface area contributed by atoms with Crippen LogP contribution in [0.4, 0.5) is 0 Å². The van der Waals surface area contributed by atoms with Crippen molar-refractivity contribution in [1.82, 2.24) is 10.3 Å². The van der Waals surface area contributed by atoms with Crippen LogP contribution >= 0.6 is 11.3 Å². The summed E-state index contributed by atoms with van der Waals surface area (Å²) >= 11 is 1.23. The minimum Gasteiger partial charge on any atom is -0.477 e. The summed E-state index contributed by atoms with van der Waals surface area (Å²) in [5, 5.41) is 12.6. The SMILES string of the molecule is CNC(C)Cc1ncc(C(=O)O)s1. The van der Waals surface area contributed by atoms with Crippen LogP contribution in [0.1, 0.15) is 21.6 Å². The molecule has 13 heavy (non-hydrogen) atoms. The molecule has 5 heteroatoms. The van der Waals surface area contributed by atoms with Crippen LogP contribution < -0.4 is 5.32 Å². The summed E-state index contributed by atoms with van der Waals surface area (Å²) in [6.45, 7) is 2.03. The first-order valence-corrected chi connectivity index (χ1v) is 4.80. The van der Waals surface area contributed by atoms with Crippen molar-refractivity contribution in [3.63, 3.8) is 0 Å². The van der Waals surface area contributed by atoms with Gasteiger partial charge in [0.1, 0.15) is 4.88 Å². The van der Waals surface area contributed by atoms with Gasteiger partial charge in [-0.15, -0.1) is 11.3 Å². The number of hydrogen-bond acceptors (Lipinski definition) is 4. The van der Waals surface area contributed by atoms with E-state index < -0.39 is 5.97 Å². The summed E-state index contributed by atoms with van der Waals surface area (Å²) in [6.07, 6.45) is 2.18. The average Bonchev–Trinajstić information content (AvgIpc) is 2.52. The van der Waals surface area contributed by atoms with Crippen molar-refractivity contribution in [1.29, 1.82) is 0 Å². The number of nitrogens with zero attached hydrogens (tertiary/aromatic N) is 1. The van der Waals surface area contributed by atoms with Gasteiger partial charge in [0.25, 0.3) is 0 Å². The van der Waals surface area contributed by atoms with E-state index in [1.165, 1.54) is 17.5 Å². The number of likely N-dealkylation sites (N-methyl/N-ethyl adjacent to an activating group) is 1. The van der Waals surface area contributed by atoms with Crippen LogP contribution in [0.2, 0.25) is 0 Å². The minimum absolute atomic E-state index is 0.304. The highest BCUT2D eigenvalue weighted by atomic mass is 32.1. The molecule has 0 saturated heterocycles. The molecule has 0 aliphatic carbocycles. The zero-order chi connectivity index (χ0) is 9.84. The van der Waals surface area contributed by atoms with Crippen LogP contribution in [0.5, 0.6) is 0 Å². The van der Waals surface area contributed by atoms with E-state index in [9.17, 15) is 4.79 Å². The lowest BCUT2D eigenvalue weighted by atomic mass is 10.2. The molecule has 1 aromatic heterocycles. The van der Waals surface area contributed by atoms with Gasteiger partial charge in [0.2, 0.25) is 0 Å². The Bertz CT molecular complexity index is 298. The van der Waals surface area contributed by atoms with Gasteiger partial charge in [0, 0.05) is 12.5 Å². The Hall–Kier alpha value is -0.940. The second-order valence-electron chi connectivity index (χ2n) is 2.82. The topological polar surface area (TPSA) is 62.2 Å². The summed E-state index contributed by atoms with van der Waals surface area (Å²) in [6, 6.07) is 0.327. The van der Waals surface area contributed by atoms with E-state index in [1.54, 1.807) is 0 Å². The van der Waals surface area contributed by atoms with Crippen molar-refractivity contribution in [2.75, 3.05) is 7.05 Å². The van der Waals surface area contributed by atoms with Crippen molar-refractivity contribution >= 4 is 17.3 Å². The molecule has 0 aliphatic rings. The van der Waals surface area contributed by atoms with Crippen LogP contribution in [-0.2, 0) is 6.42 Å². The molecule has 0 aliphatic heterocycles. The monoisotopic (exact) mass is 200 g/mol. The number of carboxylic acid groups (broad SMARTS) is 1. The van der Waals surface area contributed by atoms with Crippen molar-refractivity contribution < 1.29 is 9.90 Å². The minimum atomic E-state index is -0.902. The summed E-state index contributed by atoms with van der Waals surface area (Å²) in [4.78, 5) is 14.9. The average molecular weight is 200 g/mol. The number of aromatic nitrogens is 1. The molecule has 0 bridgehead atoms. The van der Waals surface area contributed by atoms with Gasteiger partial charge in [0.15, 0.2) is 0 Å². The Balaban J connectivity index is 2.64. The molecule has 0 radical (unpaired) electrons. The summed E-state index contributed by atoms with van der Waals surface area (Å²) in [5.41, 5.74) is 0. The lowest BCUT2D eigenvalue weighted by Crippen LogP contribution is -2.23. The second kappa shape index (κ2) is 4.34. The van der Waals surface area contributed by atoms with E-state index in [1.807, 2.05) is 14.0 Å². The normalized spacial score (nSPS) is 12.8. The molecule has 72 valence electrons. The predicted molar refractivity (Wildman–Crippen MR) is 51.3 cm³/mol.